The zero-order valence-electron chi connectivity index (χ0n) is 14.2. The van der Waals surface area contributed by atoms with E-state index in [1.807, 2.05) is 30.3 Å². The maximum absolute atomic E-state index is 12.4. The Kier molecular flexibility index (Phi) is 6.63. The molecule has 1 heterocycles. The summed E-state index contributed by atoms with van der Waals surface area (Å²) in [4.78, 5) is 25.6. The summed E-state index contributed by atoms with van der Waals surface area (Å²) in [5.41, 5.74) is 1.12. The summed E-state index contributed by atoms with van der Waals surface area (Å²) in [6.07, 6.45) is 4.78. The maximum Gasteiger partial charge on any atom is 0.416 e. The minimum atomic E-state index is -0.488. The Bertz CT molecular complexity index is 515. The molecular weight excluding hydrogens is 290 g/mol. The van der Waals surface area contributed by atoms with Crippen LogP contribution in [-0.2, 0) is 16.0 Å². The smallest absolute Gasteiger partial charge is 0.416 e. The predicted molar refractivity (Wildman–Crippen MR) is 90.1 cm³/mol. The van der Waals surface area contributed by atoms with Crippen molar-refractivity contribution in [3.8, 4) is 0 Å². The first-order chi connectivity index (χ1) is 11.1. The van der Waals surface area contributed by atoms with Gasteiger partial charge in [-0.3, -0.25) is 4.79 Å². The molecule has 1 aliphatic heterocycles. The van der Waals surface area contributed by atoms with Crippen LogP contribution in [-0.4, -0.2) is 29.5 Å². The number of carbonyl (C=O) groups excluding carboxylic acids is 2. The largest absolute Gasteiger partial charge is 0.447 e. The van der Waals surface area contributed by atoms with Crippen molar-refractivity contribution in [3.63, 3.8) is 0 Å². The Balaban J connectivity index is 1.85. The van der Waals surface area contributed by atoms with Crippen molar-refractivity contribution >= 4 is 12.0 Å². The Morgan fingerprint density at radius 3 is 2.74 bits per heavy atom. The van der Waals surface area contributed by atoms with Crippen LogP contribution < -0.4 is 0 Å². The molecule has 126 valence electrons. The molecule has 2 rings (SSSR count). The van der Waals surface area contributed by atoms with Gasteiger partial charge >= 0.3 is 6.09 Å². The van der Waals surface area contributed by atoms with Gasteiger partial charge in [-0.1, -0.05) is 63.4 Å². The first kappa shape index (κ1) is 17.5. The summed E-state index contributed by atoms with van der Waals surface area (Å²) in [5, 5.41) is 0. The molecule has 0 N–H and O–H groups in total. The van der Waals surface area contributed by atoms with Gasteiger partial charge in [0.1, 0.15) is 6.61 Å². The summed E-state index contributed by atoms with van der Waals surface area (Å²) in [7, 11) is 0. The number of unbranched alkanes of at least 4 members (excludes halogenated alkanes) is 1. The number of hydrogen-bond donors (Lipinski definition) is 0. The van der Waals surface area contributed by atoms with Crippen LogP contribution in [0.1, 0.15) is 51.5 Å². The fraction of sp³-hybridized carbons (Fsp3) is 0.579. The molecule has 4 heteroatoms. The number of benzene rings is 1. The Morgan fingerprint density at radius 2 is 2.04 bits per heavy atom. The normalized spacial score (nSPS) is 18.8. The number of carbonyl (C=O) groups is 2. The molecule has 23 heavy (non-hydrogen) atoms. The van der Waals surface area contributed by atoms with E-state index in [1.54, 1.807) is 0 Å². The van der Waals surface area contributed by atoms with Crippen molar-refractivity contribution in [1.82, 2.24) is 4.90 Å². The zero-order valence-corrected chi connectivity index (χ0v) is 14.2. The first-order valence-corrected chi connectivity index (χ1v) is 8.64. The van der Waals surface area contributed by atoms with E-state index in [4.69, 9.17) is 4.74 Å². The van der Waals surface area contributed by atoms with Gasteiger partial charge in [-0.15, -0.1) is 0 Å². The average molecular weight is 317 g/mol. The Hall–Kier alpha value is -1.84. The monoisotopic (exact) mass is 317 g/mol. The zero-order chi connectivity index (χ0) is 16.7. The number of cyclic esters (lactones) is 1. The van der Waals surface area contributed by atoms with Crippen LogP contribution in [0.3, 0.4) is 0 Å². The molecule has 1 aromatic carbocycles. The fourth-order valence-electron chi connectivity index (χ4n) is 2.90. The number of amides is 2. The molecular formula is C19H27NO3. The van der Waals surface area contributed by atoms with Crippen LogP contribution in [0.25, 0.3) is 0 Å². The first-order valence-electron chi connectivity index (χ1n) is 8.64. The Morgan fingerprint density at radius 1 is 1.30 bits per heavy atom. The van der Waals surface area contributed by atoms with E-state index in [1.165, 1.54) is 11.3 Å². The van der Waals surface area contributed by atoms with Crippen LogP contribution in [0.2, 0.25) is 0 Å². The van der Waals surface area contributed by atoms with Gasteiger partial charge in [-0.05, 0) is 24.3 Å². The summed E-state index contributed by atoms with van der Waals surface area (Å²) >= 11 is 0. The van der Waals surface area contributed by atoms with Gasteiger partial charge in [0.05, 0.1) is 6.04 Å². The number of ether oxygens (including phenoxy) is 1. The van der Waals surface area contributed by atoms with E-state index in [9.17, 15) is 9.59 Å². The molecule has 4 nitrogen and oxygen atoms in total. The lowest BCUT2D eigenvalue weighted by molar-refractivity contribution is -0.129. The van der Waals surface area contributed by atoms with E-state index >= 15 is 0 Å². The lowest BCUT2D eigenvalue weighted by atomic mass is 10.0. The summed E-state index contributed by atoms with van der Waals surface area (Å²) in [6.45, 7) is 4.71. The highest BCUT2D eigenvalue weighted by Crippen LogP contribution is 2.20. The van der Waals surface area contributed by atoms with Gasteiger partial charge in [0.15, 0.2) is 0 Å². The number of nitrogens with zero attached hydrogens (tertiary/aromatic N) is 1. The number of rotatable bonds is 8. The highest BCUT2D eigenvalue weighted by atomic mass is 16.6. The van der Waals surface area contributed by atoms with Crippen LogP contribution >= 0.6 is 0 Å². The van der Waals surface area contributed by atoms with Crippen LogP contribution in [0.5, 0.6) is 0 Å². The third-order valence-corrected chi connectivity index (χ3v) is 4.58. The van der Waals surface area contributed by atoms with Gasteiger partial charge < -0.3 is 4.74 Å². The van der Waals surface area contributed by atoms with Crippen LogP contribution in [0, 0.1) is 5.92 Å². The van der Waals surface area contributed by atoms with Crippen LogP contribution in [0.4, 0.5) is 4.79 Å². The topological polar surface area (TPSA) is 46.6 Å². The third-order valence-electron chi connectivity index (χ3n) is 4.58. The summed E-state index contributed by atoms with van der Waals surface area (Å²) in [6, 6.07) is 9.74. The molecule has 0 spiro atoms. The standard InChI is InChI=1S/C19H27NO3/c1-3-15(2)9-7-8-12-18(21)20-17(14-23-19(20)22)13-16-10-5-4-6-11-16/h4-6,10-11,15,17H,3,7-9,12-14H2,1-2H3/t15-,17-/m0/s1. The molecule has 0 bridgehead atoms. The van der Waals surface area contributed by atoms with Gasteiger partial charge in [0.2, 0.25) is 5.91 Å². The molecule has 0 aromatic heterocycles. The van der Waals surface area contributed by atoms with Gasteiger partial charge in [0.25, 0.3) is 0 Å². The average Bonchev–Trinajstić information content (AvgIpc) is 2.92. The van der Waals surface area contributed by atoms with E-state index in [0.717, 1.165) is 24.8 Å². The van der Waals surface area contributed by atoms with Crippen molar-refractivity contribution < 1.29 is 14.3 Å². The molecule has 1 saturated heterocycles. The summed E-state index contributed by atoms with van der Waals surface area (Å²) in [5.74, 6) is 0.602. The maximum atomic E-state index is 12.4. The highest BCUT2D eigenvalue weighted by molar-refractivity contribution is 5.93. The molecule has 0 radical (unpaired) electrons. The fourth-order valence-corrected chi connectivity index (χ4v) is 2.90. The predicted octanol–water partition coefficient (Wildman–Crippen LogP) is 4.18. The van der Waals surface area contributed by atoms with Gasteiger partial charge in [-0.25, -0.2) is 9.69 Å². The third kappa shape index (κ3) is 5.08. The highest BCUT2D eigenvalue weighted by Gasteiger charge is 2.37. The minimum absolute atomic E-state index is 0.0995. The molecule has 0 unspecified atom stereocenters. The number of hydrogen-bond acceptors (Lipinski definition) is 3. The van der Waals surface area contributed by atoms with E-state index < -0.39 is 6.09 Å². The SMILES string of the molecule is CC[C@H](C)CCCCC(=O)N1C(=O)OC[C@@H]1Cc1ccccc1. The molecule has 2 amide bonds. The van der Waals surface area contributed by atoms with Crippen molar-refractivity contribution in [2.24, 2.45) is 5.92 Å². The molecule has 0 saturated carbocycles. The minimum Gasteiger partial charge on any atom is -0.447 e. The Labute approximate surface area is 138 Å². The lowest BCUT2D eigenvalue weighted by Gasteiger charge is -2.19. The van der Waals surface area contributed by atoms with E-state index in [2.05, 4.69) is 13.8 Å². The molecule has 0 aliphatic carbocycles. The van der Waals surface area contributed by atoms with E-state index in [0.29, 0.717) is 25.4 Å². The van der Waals surface area contributed by atoms with Gasteiger partial charge in [0, 0.05) is 6.42 Å². The van der Waals surface area contributed by atoms with Gasteiger partial charge in [-0.2, -0.15) is 0 Å². The lowest BCUT2D eigenvalue weighted by Crippen LogP contribution is -2.40. The second-order valence-corrected chi connectivity index (χ2v) is 6.44. The quantitative estimate of drug-likeness (QED) is 0.676. The van der Waals surface area contributed by atoms with Crippen molar-refractivity contribution in [2.45, 2.75) is 58.4 Å². The van der Waals surface area contributed by atoms with Crippen molar-refractivity contribution in [1.29, 1.82) is 0 Å². The van der Waals surface area contributed by atoms with Crippen LogP contribution in [0.15, 0.2) is 30.3 Å². The summed E-state index contributed by atoms with van der Waals surface area (Å²) < 4.78 is 5.10. The van der Waals surface area contributed by atoms with E-state index in [-0.39, 0.29) is 11.9 Å². The molecule has 1 aliphatic rings. The number of imide groups is 1. The molecule has 1 aromatic rings. The second-order valence-electron chi connectivity index (χ2n) is 6.44. The molecule has 1 fully saturated rings. The van der Waals surface area contributed by atoms with Crippen molar-refractivity contribution in [2.75, 3.05) is 6.61 Å². The van der Waals surface area contributed by atoms with Crippen molar-refractivity contribution in [3.05, 3.63) is 35.9 Å². The molecule has 2 atom stereocenters. The second kappa shape index (κ2) is 8.70.